The summed E-state index contributed by atoms with van der Waals surface area (Å²) in [6.07, 6.45) is 0.855. The summed E-state index contributed by atoms with van der Waals surface area (Å²) in [7, 11) is 3.73. The summed E-state index contributed by atoms with van der Waals surface area (Å²) in [5.41, 5.74) is 0.922. The molecule has 0 saturated heterocycles. The Balaban J connectivity index is 1.72. The zero-order chi connectivity index (χ0) is 18.0. The predicted molar refractivity (Wildman–Crippen MR) is 97.6 cm³/mol. The molecule has 7 nitrogen and oxygen atoms in total. The lowest BCUT2D eigenvalue weighted by Gasteiger charge is -2.38. The van der Waals surface area contributed by atoms with Crippen LogP contribution in [-0.4, -0.2) is 33.4 Å². The van der Waals surface area contributed by atoms with Crippen LogP contribution in [0, 0.1) is 6.92 Å². The van der Waals surface area contributed by atoms with E-state index in [4.69, 9.17) is 4.74 Å². The molecule has 0 aliphatic carbocycles. The molecule has 25 heavy (non-hydrogen) atoms. The number of hydrogen-bond acceptors (Lipinski definition) is 4. The third kappa shape index (κ3) is 3.75. The van der Waals surface area contributed by atoms with Crippen LogP contribution in [0.3, 0.4) is 0 Å². The van der Waals surface area contributed by atoms with Crippen LogP contribution in [0.1, 0.15) is 43.5 Å². The first-order valence-corrected chi connectivity index (χ1v) is 8.49. The number of nitrogens with one attached hydrogen (secondary N) is 2. The molecule has 1 aromatic heterocycles. The van der Waals surface area contributed by atoms with E-state index >= 15 is 0 Å². The number of aliphatic imine (C=N–C) groups is 1. The first kappa shape index (κ1) is 17.3. The molecule has 0 saturated carbocycles. The van der Waals surface area contributed by atoms with E-state index in [0.717, 1.165) is 35.3 Å². The van der Waals surface area contributed by atoms with E-state index in [-0.39, 0.29) is 11.6 Å². The highest BCUT2D eigenvalue weighted by molar-refractivity contribution is 5.80. The van der Waals surface area contributed by atoms with Gasteiger partial charge in [-0.1, -0.05) is 18.2 Å². The Morgan fingerprint density at radius 3 is 2.80 bits per heavy atom. The number of aromatic nitrogens is 3. The Kier molecular flexibility index (Phi) is 4.65. The van der Waals surface area contributed by atoms with Gasteiger partial charge in [-0.2, -0.15) is 0 Å². The third-order valence-electron chi connectivity index (χ3n) is 4.51. The molecular formula is C18H26N6O. The topological polar surface area (TPSA) is 76.4 Å². The lowest BCUT2D eigenvalue weighted by atomic mass is 9.90. The molecular weight excluding hydrogens is 316 g/mol. The van der Waals surface area contributed by atoms with Crippen molar-refractivity contribution in [2.45, 2.75) is 45.4 Å². The van der Waals surface area contributed by atoms with Crippen LogP contribution in [0.2, 0.25) is 0 Å². The molecule has 7 heteroatoms. The minimum absolute atomic E-state index is 0.132. The maximum Gasteiger partial charge on any atom is 0.191 e. The summed E-state index contributed by atoms with van der Waals surface area (Å²) in [6, 6.07) is 8.28. The highest BCUT2D eigenvalue weighted by atomic mass is 16.5. The van der Waals surface area contributed by atoms with Gasteiger partial charge in [-0.05, 0) is 26.8 Å². The summed E-state index contributed by atoms with van der Waals surface area (Å²) < 4.78 is 8.06. The fraction of sp³-hybridized carbons (Fsp3) is 0.500. The van der Waals surface area contributed by atoms with Gasteiger partial charge in [0.05, 0.1) is 12.6 Å². The van der Waals surface area contributed by atoms with E-state index < -0.39 is 0 Å². The van der Waals surface area contributed by atoms with Gasteiger partial charge in [0.15, 0.2) is 11.8 Å². The van der Waals surface area contributed by atoms with E-state index in [1.54, 1.807) is 7.05 Å². The van der Waals surface area contributed by atoms with E-state index in [1.807, 2.05) is 36.7 Å². The SMILES string of the molecule is CN=C(NCc1nnc(C)n1C)NC1CC(C)(C)Oc2ccccc21. The van der Waals surface area contributed by atoms with Crippen molar-refractivity contribution in [1.29, 1.82) is 0 Å². The molecule has 0 amide bonds. The van der Waals surface area contributed by atoms with Crippen LogP contribution < -0.4 is 15.4 Å². The van der Waals surface area contributed by atoms with Gasteiger partial charge in [-0.25, -0.2) is 0 Å². The van der Waals surface area contributed by atoms with Crippen molar-refractivity contribution in [2.24, 2.45) is 12.0 Å². The van der Waals surface area contributed by atoms with Gasteiger partial charge in [-0.15, -0.1) is 10.2 Å². The summed E-state index contributed by atoms with van der Waals surface area (Å²) in [4.78, 5) is 4.35. The Morgan fingerprint density at radius 1 is 1.36 bits per heavy atom. The Labute approximate surface area is 148 Å². The standard InChI is InChI=1S/C18H26N6O/c1-12-22-23-16(24(12)5)11-20-17(19-4)21-14-10-18(2,3)25-15-9-7-6-8-13(14)15/h6-9,14H,10-11H2,1-5H3,(H2,19,20,21). The maximum absolute atomic E-state index is 6.09. The normalized spacial score (nSPS) is 19.1. The fourth-order valence-electron chi connectivity index (χ4n) is 3.06. The van der Waals surface area contributed by atoms with Crippen molar-refractivity contribution in [2.75, 3.05) is 7.05 Å². The predicted octanol–water partition coefficient (Wildman–Crippen LogP) is 2.09. The fourth-order valence-corrected chi connectivity index (χ4v) is 3.06. The largest absolute Gasteiger partial charge is 0.487 e. The maximum atomic E-state index is 6.09. The van der Waals surface area contributed by atoms with Crippen LogP contribution in [-0.2, 0) is 13.6 Å². The summed E-state index contributed by atoms with van der Waals surface area (Å²) in [5, 5.41) is 15.1. The number of benzene rings is 1. The van der Waals surface area contributed by atoms with E-state index in [1.165, 1.54) is 0 Å². The summed E-state index contributed by atoms with van der Waals surface area (Å²) in [5.74, 6) is 3.42. The molecule has 1 aliphatic rings. The molecule has 134 valence electrons. The minimum atomic E-state index is -0.231. The average Bonchev–Trinajstić information content (AvgIpc) is 2.89. The molecule has 3 rings (SSSR count). The van der Waals surface area contributed by atoms with Gasteiger partial charge in [-0.3, -0.25) is 4.99 Å². The second kappa shape index (κ2) is 6.74. The zero-order valence-corrected chi connectivity index (χ0v) is 15.5. The van der Waals surface area contributed by atoms with Gasteiger partial charge < -0.3 is 19.9 Å². The lowest BCUT2D eigenvalue weighted by Crippen LogP contribution is -2.45. The van der Waals surface area contributed by atoms with Crippen molar-refractivity contribution in [1.82, 2.24) is 25.4 Å². The molecule has 1 aromatic carbocycles. The molecule has 0 fully saturated rings. The Morgan fingerprint density at radius 2 is 2.12 bits per heavy atom. The molecule has 1 atom stereocenters. The molecule has 1 aliphatic heterocycles. The molecule has 2 heterocycles. The second-order valence-corrected chi connectivity index (χ2v) is 6.95. The minimum Gasteiger partial charge on any atom is -0.487 e. The first-order valence-electron chi connectivity index (χ1n) is 8.49. The van der Waals surface area contributed by atoms with Crippen molar-refractivity contribution in [3.05, 3.63) is 41.5 Å². The summed E-state index contributed by atoms with van der Waals surface area (Å²) >= 11 is 0. The smallest absolute Gasteiger partial charge is 0.191 e. The number of fused-ring (bicyclic) bond motifs is 1. The van der Waals surface area contributed by atoms with E-state index in [0.29, 0.717) is 6.54 Å². The van der Waals surface area contributed by atoms with E-state index in [2.05, 4.69) is 45.7 Å². The number of guanidine groups is 1. The molecule has 2 N–H and O–H groups in total. The van der Waals surface area contributed by atoms with Gasteiger partial charge >= 0.3 is 0 Å². The Bertz CT molecular complexity index is 780. The number of aryl methyl sites for hydroxylation is 1. The van der Waals surface area contributed by atoms with Crippen molar-refractivity contribution in [3.8, 4) is 5.75 Å². The van der Waals surface area contributed by atoms with Crippen molar-refractivity contribution < 1.29 is 4.74 Å². The van der Waals surface area contributed by atoms with Crippen LogP contribution in [0.5, 0.6) is 5.75 Å². The van der Waals surface area contributed by atoms with Gasteiger partial charge in [0.2, 0.25) is 0 Å². The number of para-hydroxylation sites is 1. The van der Waals surface area contributed by atoms with Crippen LogP contribution >= 0.6 is 0 Å². The highest BCUT2D eigenvalue weighted by Gasteiger charge is 2.33. The molecule has 0 radical (unpaired) electrons. The molecule has 0 spiro atoms. The number of nitrogens with zero attached hydrogens (tertiary/aromatic N) is 4. The average molecular weight is 342 g/mol. The lowest BCUT2D eigenvalue weighted by molar-refractivity contribution is 0.0694. The van der Waals surface area contributed by atoms with Crippen LogP contribution in [0.15, 0.2) is 29.3 Å². The zero-order valence-electron chi connectivity index (χ0n) is 15.5. The summed E-state index contributed by atoms with van der Waals surface area (Å²) in [6.45, 7) is 6.71. The second-order valence-electron chi connectivity index (χ2n) is 6.95. The number of hydrogen-bond donors (Lipinski definition) is 2. The highest BCUT2D eigenvalue weighted by Crippen LogP contribution is 2.39. The molecule has 1 unspecified atom stereocenters. The van der Waals surface area contributed by atoms with Crippen LogP contribution in [0.25, 0.3) is 0 Å². The van der Waals surface area contributed by atoms with Crippen molar-refractivity contribution in [3.63, 3.8) is 0 Å². The monoisotopic (exact) mass is 342 g/mol. The number of ether oxygens (including phenoxy) is 1. The van der Waals surface area contributed by atoms with Crippen molar-refractivity contribution >= 4 is 5.96 Å². The van der Waals surface area contributed by atoms with Gasteiger partial charge in [0.1, 0.15) is 17.2 Å². The van der Waals surface area contributed by atoms with Gasteiger partial charge in [0.25, 0.3) is 0 Å². The number of rotatable bonds is 3. The molecule has 2 aromatic rings. The molecule has 0 bridgehead atoms. The quantitative estimate of drug-likeness (QED) is 0.660. The first-order chi connectivity index (χ1) is 11.9. The third-order valence-corrected chi connectivity index (χ3v) is 4.51. The van der Waals surface area contributed by atoms with Gasteiger partial charge in [0, 0.05) is 26.1 Å². The van der Waals surface area contributed by atoms with Crippen LogP contribution in [0.4, 0.5) is 0 Å². The Hall–Kier alpha value is -2.57. The van der Waals surface area contributed by atoms with E-state index in [9.17, 15) is 0 Å².